The van der Waals surface area contributed by atoms with Gasteiger partial charge in [-0.2, -0.15) is 5.10 Å². The van der Waals surface area contributed by atoms with Crippen LogP contribution in [0.15, 0.2) is 40.4 Å². The van der Waals surface area contributed by atoms with Crippen molar-refractivity contribution >= 4 is 30.2 Å². The van der Waals surface area contributed by atoms with Gasteiger partial charge in [-0.25, -0.2) is 10.4 Å². The van der Waals surface area contributed by atoms with Crippen molar-refractivity contribution in [3.63, 3.8) is 0 Å². The van der Waals surface area contributed by atoms with Crippen molar-refractivity contribution in [3.8, 4) is 0 Å². The second-order valence-electron chi connectivity index (χ2n) is 7.27. The van der Waals surface area contributed by atoms with Gasteiger partial charge in [-0.3, -0.25) is 9.59 Å². The minimum atomic E-state index is -0.648. The zero-order chi connectivity index (χ0) is 20.1. The van der Waals surface area contributed by atoms with Crippen LogP contribution in [0.3, 0.4) is 0 Å². The Kier molecular flexibility index (Phi) is 6.28. The van der Waals surface area contributed by atoms with Crippen molar-refractivity contribution in [2.24, 2.45) is 10.1 Å². The van der Waals surface area contributed by atoms with Gasteiger partial charge in [-0.15, -0.1) is 0 Å². The first-order chi connectivity index (χ1) is 13.5. The predicted octanol–water partition coefficient (Wildman–Crippen LogP) is 1.34. The maximum Gasteiger partial charge on any atom is 0.247 e. The van der Waals surface area contributed by atoms with Gasteiger partial charge in [0, 0.05) is 32.0 Å². The summed E-state index contributed by atoms with van der Waals surface area (Å²) in [6, 6.07) is 8.89. The van der Waals surface area contributed by atoms with Crippen molar-refractivity contribution in [1.29, 1.82) is 0 Å². The Morgan fingerprint density at radius 3 is 2.61 bits per heavy atom. The van der Waals surface area contributed by atoms with Gasteiger partial charge in [-0.05, 0) is 44.7 Å². The van der Waals surface area contributed by atoms with Crippen LogP contribution in [-0.2, 0) is 9.59 Å². The van der Waals surface area contributed by atoms with Gasteiger partial charge in [0.25, 0.3) is 0 Å². The highest BCUT2D eigenvalue weighted by Crippen LogP contribution is 2.23. The molecular formula is C20H28N6O2. The fourth-order valence-corrected chi connectivity index (χ4v) is 3.34. The molecule has 150 valence electrons. The Morgan fingerprint density at radius 1 is 1.25 bits per heavy atom. The molecule has 1 saturated heterocycles. The summed E-state index contributed by atoms with van der Waals surface area (Å²) in [6.07, 6.45) is 3.59. The van der Waals surface area contributed by atoms with E-state index in [1.165, 1.54) is 0 Å². The van der Waals surface area contributed by atoms with Crippen molar-refractivity contribution in [2.75, 3.05) is 18.5 Å². The number of para-hydroxylation sites is 1. The number of likely N-dealkylation sites (tertiary alicyclic amines) is 1. The third-order valence-corrected chi connectivity index (χ3v) is 5.08. The number of nitrogens with zero attached hydrogens (tertiary/aromatic N) is 4. The summed E-state index contributed by atoms with van der Waals surface area (Å²) >= 11 is 0. The lowest BCUT2D eigenvalue weighted by molar-refractivity contribution is -0.139. The number of anilines is 1. The Balaban J connectivity index is 1.72. The summed E-state index contributed by atoms with van der Waals surface area (Å²) in [5, 5.41) is 6.72. The zero-order valence-corrected chi connectivity index (χ0v) is 16.5. The molecule has 8 nitrogen and oxygen atoms in total. The maximum atomic E-state index is 13.0. The largest absolute Gasteiger partial charge is 0.352 e. The molecular weight excluding hydrogens is 356 g/mol. The first kappa shape index (κ1) is 19.9. The average Bonchev–Trinajstić information content (AvgIpc) is 3.38. The third kappa shape index (κ3) is 4.68. The van der Waals surface area contributed by atoms with E-state index in [0.717, 1.165) is 24.9 Å². The molecule has 2 amide bonds. The number of carbonyl (C=O) groups excluding carboxylic acids is 2. The highest BCUT2D eigenvalue weighted by Gasteiger charge is 2.38. The highest BCUT2D eigenvalue weighted by atomic mass is 16.2. The number of hydrogen-bond acceptors (Lipinski definition) is 4. The molecule has 1 heterocycles. The molecule has 2 aliphatic rings. The highest BCUT2D eigenvalue weighted by molar-refractivity contribution is 5.98. The van der Waals surface area contributed by atoms with E-state index >= 15 is 0 Å². The average molecular weight is 384 g/mol. The summed E-state index contributed by atoms with van der Waals surface area (Å²) in [5.74, 6) is 0.218. The molecule has 1 aliphatic carbocycles. The van der Waals surface area contributed by atoms with E-state index in [1.54, 1.807) is 16.7 Å². The van der Waals surface area contributed by atoms with Gasteiger partial charge in [0.2, 0.25) is 17.8 Å². The molecule has 2 fully saturated rings. The number of benzene rings is 1. The van der Waals surface area contributed by atoms with E-state index in [0.29, 0.717) is 18.9 Å². The number of guanidine groups is 1. The zero-order valence-electron chi connectivity index (χ0n) is 16.5. The molecule has 2 unspecified atom stereocenters. The molecule has 2 atom stereocenters. The Morgan fingerprint density at radius 2 is 1.96 bits per heavy atom. The number of rotatable bonds is 6. The van der Waals surface area contributed by atoms with Crippen LogP contribution in [0.25, 0.3) is 0 Å². The van der Waals surface area contributed by atoms with E-state index in [1.807, 2.05) is 37.4 Å². The van der Waals surface area contributed by atoms with Gasteiger partial charge in [-0.1, -0.05) is 18.2 Å². The monoisotopic (exact) mass is 384 g/mol. The van der Waals surface area contributed by atoms with E-state index in [4.69, 9.17) is 0 Å². The molecule has 1 saturated carbocycles. The molecule has 1 aromatic rings. The van der Waals surface area contributed by atoms with Crippen LogP contribution < -0.4 is 15.6 Å². The van der Waals surface area contributed by atoms with Crippen LogP contribution in [0.2, 0.25) is 0 Å². The van der Waals surface area contributed by atoms with E-state index in [9.17, 15) is 9.59 Å². The van der Waals surface area contributed by atoms with Crippen molar-refractivity contribution < 1.29 is 9.59 Å². The minimum Gasteiger partial charge on any atom is -0.352 e. The second kappa shape index (κ2) is 8.86. The number of carbonyl (C=O) groups is 2. The summed E-state index contributed by atoms with van der Waals surface area (Å²) in [7, 11) is 1.84. The summed E-state index contributed by atoms with van der Waals surface area (Å²) in [4.78, 5) is 33.5. The molecule has 2 N–H and O–H groups in total. The summed E-state index contributed by atoms with van der Waals surface area (Å²) in [5.41, 5.74) is 3.67. The summed E-state index contributed by atoms with van der Waals surface area (Å²) in [6.45, 7) is 5.78. The number of hydrogen-bond donors (Lipinski definition) is 2. The van der Waals surface area contributed by atoms with Crippen LogP contribution in [0, 0.1) is 0 Å². The van der Waals surface area contributed by atoms with Crippen molar-refractivity contribution in [1.82, 2.24) is 15.6 Å². The standard InChI is InChI=1S/C20H28N6O2/c1-14(22-20(24-21-2)25(3)16-8-5-4-6-9-16)19(28)26-13-7-10-17(26)18(27)23-15-11-12-15/h4-6,8-9,14-15,17H,2,7,10-13H2,1,3H3,(H,22,24)(H,23,27). The Hall–Kier alpha value is -2.90. The van der Waals surface area contributed by atoms with Crippen LogP contribution in [0.1, 0.15) is 32.6 Å². The van der Waals surface area contributed by atoms with E-state index in [2.05, 4.69) is 27.6 Å². The van der Waals surface area contributed by atoms with Crippen LogP contribution in [0.5, 0.6) is 0 Å². The Bertz CT molecular complexity index is 746. The molecule has 0 aromatic heterocycles. The third-order valence-electron chi connectivity index (χ3n) is 5.08. The number of amides is 2. The lowest BCUT2D eigenvalue weighted by Gasteiger charge is -2.27. The van der Waals surface area contributed by atoms with Gasteiger partial charge < -0.3 is 15.1 Å². The quantitative estimate of drug-likeness (QED) is 0.440. The second-order valence-corrected chi connectivity index (χ2v) is 7.27. The van der Waals surface area contributed by atoms with E-state index in [-0.39, 0.29) is 17.9 Å². The predicted molar refractivity (Wildman–Crippen MR) is 110 cm³/mol. The van der Waals surface area contributed by atoms with Crippen LogP contribution in [-0.4, -0.2) is 61.1 Å². The van der Waals surface area contributed by atoms with Gasteiger partial charge >= 0.3 is 0 Å². The lowest BCUT2D eigenvalue weighted by atomic mass is 10.2. The van der Waals surface area contributed by atoms with Gasteiger partial charge in [0.05, 0.1) is 0 Å². The molecule has 1 aliphatic heterocycles. The van der Waals surface area contributed by atoms with Gasteiger partial charge in [0.1, 0.15) is 12.1 Å². The van der Waals surface area contributed by atoms with Crippen molar-refractivity contribution in [3.05, 3.63) is 30.3 Å². The fourth-order valence-electron chi connectivity index (χ4n) is 3.34. The molecule has 0 bridgehead atoms. The smallest absolute Gasteiger partial charge is 0.247 e. The number of aliphatic imine (C=N–C) groups is 1. The van der Waals surface area contributed by atoms with Crippen LogP contribution >= 0.6 is 0 Å². The van der Waals surface area contributed by atoms with E-state index < -0.39 is 12.1 Å². The number of nitrogens with one attached hydrogen (secondary N) is 2. The molecule has 3 rings (SSSR count). The minimum absolute atomic E-state index is 0.0444. The molecule has 28 heavy (non-hydrogen) atoms. The van der Waals surface area contributed by atoms with Gasteiger partial charge in [0.15, 0.2) is 0 Å². The molecule has 8 heteroatoms. The molecule has 0 radical (unpaired) electrons. The molecule has 0 spiro atoms. The fraction of sp³-hybridized carbons (Fsp3) is 0.500. The topological polar surface area (TPSA) is 89.4 Å². The first-order valence-corrected chi connectivity index (χ1v) is 9.70. The molecule has 1 aromatic carbocycles. The Labute approximate surface area is 165 Å². The normalized spacial score (nSPS) is 20.4. The van der Waals surface area contributed by atoms with Crippen molar-refractivity contribution in [2.45, 2.75) is 50.7 Å². The number of hydrazone groups is 1. The maximum absolute atomic E-state index is 13.0. The summed E-state index contributed by atoms with van der Waals surface area (Å²) < 4.78 is 0. The SMILES string of the molecule is C=NNC(=NC(C)C(=O)N1CCCC1C(=O)NC1CC1)N(C)c1ccccc1. The first-order valence-electron chi connectivity index (χ1n) is 9.70. The van der Waals surface area contributed by atoms with Crippen LogP contribution in [0.4, 0.5) is 5.69 Å². The lowest BCUT2D eigenvalue weighted by Crippen LogP contribution is -2.49.